The number of benzene rings is 1. The molecule has 4 aromatic rings. The number of thiazole rings is 1. The Morgan fingerprint density at radius 2 is 1.83 bits per heavy atom. The van der Waals surface area contributed by atoms with E-state index in [0.29, 0.717) is 16.2 Å². The Morgan fingerprint density at radius 3 is 2.61 bits per heavy atom. The molecule has 6 rings (SSSR count). The molecule has 2 fully saturated rings. The van der Waals surface area contributed by atoms with E-state index in [1.165, 1.54) is 37.0 Å². The largest absolute Gasteiger partial charge is 0.370 e. The van der Waals surface area contributed by atoms with Crippen molar-refractivity contribution in [3.05, 3.63) is 64.3 Å². The van der Waals surface area contributed by atoms with Gasteiger partial charge in [0.2, 0.25) is 0 Å². The monoisotopic (exact) mass is 503 g/mol. The van der Waals surface area contributed by atoms with Crippen LogP contribution in [-0.2, 0) is 7.05 Å². The van der Waals surface area contributed by atoms with Crippen molar-refractivity contribution in [2.45, 2.75) is 25.7 Å². The molecular weight excluding hydrogens is 474 g/mol. The third-order valence-corrected chi connectivity index (χ3v) is 8.58. The molecule has 186 valence electrons. The third-order valence-electron chi connectivity index (χ3n) is 7.75. The maximum absolute atomic E-state index is 13.2. The highest BCUT2D eigenvalue weighted by Crippen LogP contribution is 2.41. The lowest BCUT2D eigenvalue weighted by molar-refractivity contribution is 0.102. The number of amides is 1. The molecule has 36 heavy (non-hydrogen) atoms. The molecule has 2 aliphatic rings. The summed E-state index contributed by atoms with van der Waals surface area (Å²) in [4.78, 5) is 37.2. The molecule has 9 nitrogen and oxygen atoms in total. The number of aromatic nitrogens is 4. The lowest BCUT2D eigenvalue weighted by Crippen LogP contribution is -2.45. The van der Waals surface area contributed by atoms with Gasteiger partial charge in [-0.3, -0.25) is 14.3 Å². The van der Waals surface area contributed by atoms with Gasteiger partial charge in [0, 0.05) is 31.7 Å². The van der Waals surface area contributed by atoms with Crippen LogP contribution in [0.4, 0.5) is 11.4 Å². The summed E-state index contributed by atoms with van der Waals surface area (Å²) >= 11 is 1.28. The van der Waals surface area contributed by atoms with Gasteiger partial charge in [0.15, 0.2) is 5.13 Å². The minimum Gasteiger partial charge on any atom is -0.370 e. The summed E-state index contributed by atoms with van der Waals surface area (Å²) in [7, 11) is 1.74. The van der Waals surface area contributed by atoms with Crippen molar-refractivity contribution in [1.82, 2.24) is 24.4 Å². The summed E-state index contributed by atoms with van der Waals surface area (Å²) in [5.74, 6) is -0.313. The molecule has 3 aromatic heterocycles. The minimum atomic E-state index is -0.313. The molecule has 0 aliphatic carbocycles. The van der Waals surface area contributed by atoms with Gasteiger partial charge in [0.25, 0.3) is 5.91 Å². The number of para-hydroxylation sites is 2. The van der Waals surface area contributed by atoms with Crippen molar-refractivity contribution in [1.29, 1.82) is 0 Å². The van der Waals surface area contributed by atoms with Crippen LogP contribution in [0.25, 0.3) is 16.2 Å². The quantitative estimate of drug-likeness (QED) is 0.443. The van der Waals surface area contributed by atoms with Crippen LogP contribution in [0, 0.1) is 5.41 Å². The molecule has 0 bridgehead atoms. The predicted octanol–water partition coefficient (Wildman–Crippen LogP) is 3.40. The number of hydrogen-bond donors (Lipinski definition) is 2. The van der Waals surface area contributed by atoms with Crippen LogP contribution in [0.15, 0.2) is 52.9 Å². The van der Waals surface area contributed by atoms with Gasteiger partial charge in [0.1, 0.15) is 5.69 Å². The number of aryl methyl sites for hydroxylation is 1. The first-order valence-electron chi connectivity index (χ1n) is 12.4. The number of hydrogen-bond acceptors (Lipinski definition) is 7. The van der Waals surface area contributed by atoms with Crippen molar-refractivity contribution >= 4 is 39.7 Å². The molecule has 0 radical (unpaired) electrons. The summed E-state index contributed by atoms with van der Waals surface area (Å²) in [6, 6.07) is 9.53. The van der Waals surface area contributed by atoms with Crippen molar-refractivity contribution in [2.75, 3.05) is 36.4 Å². The molecule has 0 unspecified atom stereocenters. The maximum atomic E-state index is 13.2. The first-order valence-corrected chi connectivity index (χ1v) is 13.3. The molecule has 2 aliphatic heterocycles. The minimum absolute atomic E-state index is 0.191. The molecule has 1 aromatic carbocycles. The molecule has 2 N–H and O–H groups in total. The van der Waals surface area contributed by atoms with Crippen molar-refractivity contribution in [2.24, 2.45) is 12.5 Å². The number of fused-ring (bicyclic) bond motifs is 1. The van der Waals surface area contributed by atoms with Crippen LogP contribution in [0.5, 0.6) is 0 Å². The van der Waals surface area contributed by atoms with Crippen LogP contribution in [0.3, 0.4) is 0 Å². The normalized spacial score (nSPS) is 17.5. The summed E-state index contributed by atoms with van der Waals surface area (Å²) in [6.45, 7) is 4.16. The van der Waals surface area contributed by atoms with Crippen molar-refractivity contribution < 1.29 is 4.79 Å². The van der Waals surface area contributed by atoms with Crippen LogP contribution in [0.1, 0.15) is 36.2 Å². The van der Waals surface area contributed by atoms with Gasteiger partial charge in [-0.1, -0.05) is 12.1 Å². The van der Waals surface area contributed by atoms with E-state index in [2.05, 4.69) is 25.5 Å². The smallest absolute Gasteiger partial charge is 0.335 e. The fourth-order valence-corrected chi connectivity index (χ4v) is 6.38. The average molecular weight is 504 g/mol. The van der Waals surface area contributed by atoms with Crippen molar-refractivity contribution in [3.63, 3.8) is 0 Å². The molecular formula is C26H29N7O2S. The number of carbonyl (C=O) groups is 1. The highest BCUT2D eigenvalue weighted by Gasteiger charge is 2.36. The van der Waals surface area contributed by atoms with Gasteiger partial charge in [-0.15, -0.1) is 11.3 Å². The first-order chi connectivity index (χ1) is 17.5. The summed E-state index contributed by atoms with van der Waals surface area (Å²) in [6.07, 6.45) is 8.29. The molecule has 0 atom stereocenters. The Morgan fingerprint density at radius 1 is 1.08 bits per heavy atom. The standard InChI is InChI=1S/C26H29N7O2S/c1-31-21-4-2-3-5-22(21)33(25(31)35)24-30-19(17-36-24)23(34)29-18-16-28-11-6-20(18)32-14-9-26(10-15-32)7-12-27-13-8-26/h2-6,11,16-17,27H,7-10,12-15H2,1H3,(H,29,34). The van der Waals surface area contributed by atoms with Gasteiger partial charge < -0.3 is 15.5 Å². The Balaban J connectivity index is 1.21. The van der Waals surface area contributed by atoms with E-state index in [-0.39, 0.29) is 17.3 Å². The molecule has 5 heterocycles. The molecule has 2 saturated heterocycles. The number of imidazole rings is 1. The summed E-state index contributed by atoms with van der Waals surface area (Å²) in [5.41, 5.74) is 3.78. The second kappa shape index (κ2) is 9.18. The number of piperidine rings is 2. The molecule has 10 heteroatoms. The SMILES string of the molecule is Cn1c(=O)n(-c2nc(C(=O)Nc3cnccc3N3CCC4(CCNCC4)CC3)cs2)c2ccccc21. The number of carbonyl (C=O) groups excluding carboxylic acids is 1. The zero-order valence-electron chi connectivity index (χ0n) is 20.2. The Kier molecular flexibility index (Phi) is 5.85. The highest BCUT2D eigenvalue weighted by atomic mass is 32.1. The number of nitrogens with zero attached hydrogens (tertiary/aromatic N) is 5. The highest BCUT2D eigenvalue weighted by molar-refractivity contribution is 7.12. The summed E-state index contributed by atoms with van der Waals surface area (Å²) < 4.78 is 3.14. The van der Waals surface area contributed by atoms with E-state index in [9.17, 15) is 9.59 Å². The van der Waals surface area contributed by atoms with Crippen LogP contribution in [-0.4, -0.2) is 51.2 Å². The number of pyridine rings is 1. The average Bonchev–Trinajstić information content (AvgIpc) is 3.49. The number of nitrogens with one attached hydrogen (secondary N) is 2. The topological polar surface area (TPSA) is 97.1 Å². The molecule has 1 amide bonds. The fraction of sp³-hybridized carbons (Fsp3) is 0.385. The van der Waals surface area contributed by atoms with E-state index in [1.54, 1.807) is 34.0 Å². The zero-order chi connectivity index (χ0) is 24.7. The maximum Gasteiger partial charge on any atom is 0.335 e. The lowest BCUT2D eigenvalue weighted by Gasteiger charge is -2.45. The molecule has 0 saturated carbocycles. The van der Waals surface area contributed by atoms with E-state index in [4.69, 9.17) is 0 Å². The van der Waals surface area contributed by atoms with Crippen LogP contribution >= 0.6 is 11.3 Å². The molecule has 1 spiro atoms. The predicted molar refractivity (Wildman–Crippen MR) is 142 cm³/mol. The van der Waals surface area contributed by atoms with Gasteiger partial charge in [-0.2, -0.15) is 0 Å². The Bertz CT molecular complexity index is 1470. The van der Waals surface area contributed by atoms with Gasteiger partial charge >= 0.3 is 5.69 Å². The number of anilines is 2. The Hall–Kier alpha value is -3.50. The van der Waals surface area contributed by atoms with E-state index in [0.717, 1.165) is 42.9 Å². The second-order valence-electron chi connectivity index (χ2n) is 9.77. The van der Waals surface area contributed by atoms with Gasteiger partial charge in [-0.25, -0.2) is 14.3 Å². The fourth-order valence-electron chi connectivity index (χ4n) is 5.57. The zero-order valence-corrected chi connectivity index (χ0v) is 21.1. The summed E-state index contributed by atoms with van der Waals surface area (Å²) in [5, 5.41) is 8.65. The van der Waals surface area contributed by atoms with E-state index in [1.807, 2.05) is 30.3 Å². The van der Waals surface area contributed by atoms with Gasteiger partial charge in [0.05, 0.1) is 28.6 Å². The third kappa shape index (κ3) is 4.00. The number of rotatable bonds is 4. The van der Waals surface area contributed by atoms with E-state index >= 15 is 0 Å². The first kappa shape index (κ1) is 22.9. The van der Waals surface area contributed by atoms with Crippen LogP contribution in [0.2, 0.25) is 0 Å². The van der Waals surface area contributed by atoms with Gasteiger partial charge in [-0.05, 0) is 62.4 Å². The van der Waals surface area contributed by atoms with Crippen molar-refractivity contribution in [3.8, 4) is 5.13 Å². The van der Waals surface area contributed by atoms with E-state index < -0.39 is 0 Å². The van der Waals surface area contributed by atoms with Crippen LogP contribution < -0.4 is 21.2 Å². The Labute approximate surface area is 212 Å². The second-order valence-corrected chi connectivity index (χ2v) is 10.6. The lowest BCUT2D eigenvalue weighted by atomic mass is 9.71.